The molecule has 0 atom stereocenters. The highest BCUT2D eigenvalue weighted by Gasteiger charge is 2.23. The Morgan fingerprint density at radius 3 is 2.93 bits per heavy atom. The van der Waals surface area contributed by atoms with Gasteiger partial charge in [-0.3, -0.25) is 4.68 Å². The Hall–Kier alpha value is -2.87. The van der Waals surface area contributed by atoms with Crippen LogP contribution in [-0.2, 0) is 13.1 Å². The zero-order valence-electron chi connectivity index (χ0n) is 15.0. The van der Waals surface area contributed by atoms with Gasteiger partial charge in [0.05, 0.1) is 24.5 Å². The van der Waals surface area contributed by atoms with Crippen LogP contribution in [0, 0.1) is 0 Å². The second-order valence-electron chi connectivity index (χ2n) is 6.93. The van der Waals surface area contributed by atoms with Gasteiger partial charge in [-0.05, 0) is 31.1 Å². The molecule has 0 saturated heterocycles. The van der Waals surface area contributed by atoms with Crippen LogP contribution >= 0.6 is 11.6 Å². The van der Waals surface area contributed by atoms with E-state index in [0.29, 0.717) is 23.5 Å². The summed E-state index contributed by atoms with van der Waals surface area (Å²) in [5.41, 5.74) is 1.93. The number of halogens is 1. The van der Waals surface area contributed by atoms with Crippen molar-refractivity contribution in [2.45, 2.75) is 33.0 Å². The summed E-state index contributed by atoms with van der Waals surface area (Å²) in [7, 11) is 0. The fourth-order valence-corrected chi connectivity index (χ4v) is 3.67. The molecule has 4 aromatic rings. The van der Waals surface area contributed by atoms with E-state index in [1.54, 1.807) is 6.20 Å². The van der Waals surface area contributed by atoms with Crippen molar-refractivity contribution in [2.24, 2.45) is 0 Å². The number of aromatic nitrogens is 6. The van der Waals surface area contributed by atoms with Gasteiger partial charge in [-0.1, -0.05) is 17.7 Å². The van der Waals surface area contributed by atoms with Crippen molar-refractivity contribution in [3.8, 4) is 11.5 Å². The first-order chi connectivity index (χ1) is 13.1. The minimum Gasteiger partial charge on any atom is -0.332 e. The van der Waals surface area contributed by atoms with Crippen LogP contribution < -0.4 is 4.90 Å². The molecule has 4 heterocycles. The zero-order chi connectivity index (χ0) is 18.5. The Kier molecular flexibility index (Phi) is 3.68. The molecule has 138 valence electrons. The lowest BCUT2D eigenvalue weighted by molar-refractivity contribution is 0.426. The maximum atomic E-state index is 6.13. The monoisotopic (exact) mass is 383 g/mol. The minimum atomic E-state index is 0.278. The summed E-state index contributed by atoms with van der Waals surface area (Å²) in [6, 6.07) is 6.33. The Morgan fingerprint density at radius 2 is 2.07 bits per heavy atom. The van der Waals surface area contributed by atoms with Crippen LogP contribution in [0.2, 0.25) is 5.15 Å². The van der Waals surface area contributed by atoms with Gasteiger partial charge in [-0.2, -0.15) is 10.1 Å². The van der Waals surface area contributed by atoms with Crippen LogP contribution in [0.3, 0.4) is 0 Å². The molecule has 0 N–H and O–H groups in total. The van der Waals surface area contributed by atoms with Gasteiger partial charge in [0.2, 0.25) is 0 Å². The number of benzene rings is 1. The minimum absolute atomic E-state index is 0.278. The van der Waals surface area contributed by atoms with Crippen molar-refractivity contribution in [1.82, 2.24) is 29.5 Å². The van der Waals surface area contributed by atoms with Crippen LogP contribution in [-0.4, -0.2) is 36.0 Å². The van der Waals surface area contributed by atoms with E-state index in [2.05, 4.69) is 34.1 Å². The fraction of sp³-hybridized carbons (Fsp3) is 0.333. The Balaban J connectivity index is 1.45. The van der Waals surface area contributed by atoms with Gasteiger partial charge in [0.25, 0.3) is 11.8 Å². The molecule has 0 bridgehead atoms. The molecule has 1 aliphatic heterocycles. The van der Waals surface area contributed by atoms with Gasteiger partial charge in [-0.25, -0.2) is 4.98 Å². The number of anilines is 1. The molecule has 0 fully saturated rings. The zero-order valence-corrected chi connectivity index (χ0v) is 15.8. The summed E-state index contributed by atoms with van der Waals surface area (Å²) >= 11 is 6.13. The third kappa shape index (κ3) is 2.68. The Morgan fingerprint density at radius 1 is 1.19 bits per heavy atom. The van der Waals surface area contributed by atoms with Crippen LogP contribution in [0.5, 0.6) is 0 Å². The van der Waals surface area contributed by atoms with E-state index < -0.39 is 0 Å². The van der Waals surface area contributed by atoms with Crippen LogP contribution in [0.1, 0.15) is 25.7 Å². The van der Waals surface area contributed by atoms with Gasteiger partial charge < -0.3 is 14.0 Å². The summed E-state index contributed by atoms with van der Waals surface area (Å²) < 4.78 is 9.53. The van der Waals surface area contributed by atoms with Crippen molar-refractivity contribution in [1.29, 1.82) is 0 Å². The van der Waals surface area contributed by atoms with Gasteiger partial charge in [-0.15, -0.1) is 0 Å². The second-order valence-corrected chi connectivity index (χ2v) is 7.31. The number of nitrogens with zero attached hydrogens (tertiary/aromatic N) is 7. The van der Waals surface area contributed by atoms with Crippen molar-refractivity contribution < 1.29 is 4.52 Å². The lowest BCUT2D eigenvalue weighted by Gasteiger charge is -2.26. The molecular formula is C18H18ClN7O. The highest BCUT2D eigenvalue weighted by atomic mass is 35.5. The highest BCUT2D eigenvalue weighted by molar-refractivity contribution is 6.29. The maximum Gasteiger partial charge on any atom is 0.266 e. The summed E-state index contributed by atoms with van der Waals surface area (Å²) in [4.78, 5) is 11.0. The molecule has 1 aliphatic rings. The molecule has 8 nitrogen and oxygen atoms in total. The first-order valence-corrected chi connectivity index (χ1v) is 9.24. The van der Waals surface area contributed by atoms with Crippen LogP contribution in [0.15, 0.2) is 35.1 Å². The third-order valence-electron chi connectivity index (χ3n) is 4.85. The predicted molar refractivity (Wildman–Crippen MR) is 102 cm³/mol. The van der Waals surface area contributed by atoms with Gasteiger partial charge in [0.1, 0.15) is 11.0 Å². The number of hydrogen-bond acceptors (Lipinski definition) is 6. The topological polar surface area (TPSA) is 77.8 Å². The first-order valence-electron chi connectivity index (χ1n) is 8.86. The van der Waals surface area contributed by atoms with Crippen LogP contribution in [0.25, 0.3) is 22.4 Å². The van der Waals surface area contributed by atoms with E-state index in [1.807, 2.05) is 38.5 Å². The van der Waals surface area contributed by atoms with Gasteiger partial charge in [0.15, 0.2) is 0 Å². The number of fused-ring (bicyclic) bond motifs is 2. The molecule has 0 spiro atoms. The summed E-state index contributed by atoms with van der Waals surface area (Å²) in [6.45, 7) is 6.32. The van der Waals surface area contributed by atoms with Crippen molar-refractivity contribution >= 4 is 28.5 Å². The molecule has 0 amide bonds. The molecule has 27 heavy (non-hydrogen) atoms. The summed E-state index contributed by atoms with van der Waals surface area (Å²) in [5.74, 6) is 1.96. The maximum absolute atomic E-state index is 6.13. The average molecular weight is 384 g/mol. The molecule has 1 aromatic carbocycles. The Bertz CT molecular complexity index is 1130. The predicted octanol–water partition coefficient (Wildman–Crippen LogP) is 3.54. The molecule has 9 heteroatoms. The largest absolute Gasteiger partial charge is 0.332 e. The van der Waals surface area contributed by atoms with Crippen molar-refractivity contribution in [3.63, 3.8) is 0 Å². The quantitative estimate of drug-likeness (QED) is 0.538. The van der Waals surface area contributed by atoms with Crippen molar-refractivity contribution in [3.05, 3.63) is 41.6 Å². The van der Waals surface area contributed by atoms with E-state index in [-0.39, 0.29) is 6.04 Å². The van der Waals surface area contributed by atoms with E-state index >= 15 is 0 Å². The molecular weight excluding hydrogens is 366 g/mol. The highest BCUT2D eigenvalue weighted by Crippen LogP contribution is 2.27. The summed E-state index contributed by atoms with van der Waals surface area (Å²) in [5, 5.41) is 10.4. The molecule has 0 unspecified atom stereocenters. The molecule has 0 saturated carbocycles. The average Bonchev–Trinajstić information content (AvgIpc) is 3.39. The van der Waals surface area contributed by atoms with E-state index in [9.17, 15) is 0 Å². The molecule has 0 aliphatic carbocycles. The smallest absolute Gasteiger partial charge is 0.266 e. The molecule has 0 radical (unpaired) electrons. The molecule has 5 rings (SSSR count). The summed E-state index contributed by atoms with van der Waals surface area (Å²) in [6.07, 6.45) is 3.55. The third-order valence-corrected chi connectivity index (χ3v) is 5.15. The normalized spacial score (nSPS) is 14.3. The van der Waals surface area contributed by atoms with E-state index in [4.69, 9.17) is 16.1 Å². The van der Waals surface area contributed by atoms with E-state index in [1.165, 1.54) is 0 Å². The number of rotatable bonds is 3. The fourth-order valence-electron chi connectivity index (χ4n) is 3.44. The Labute approximate surface area is 160 Å². The van der Waals surface area contributed by atoms with Gasteiger partial charge in [0, 0.05) is 30.1 Å². The van der Waals surface area contributed by atoms with Crippen LogP contribution in [0.4, 0.5) is 5.95 Å². The van der Waals surface area contributed by atoms with Gasteiger partial charge >= 0.3 is 0 Å². The lowest BCUT2D eigenvalue weighted by atomic mass is 10.1. The number of hydrogen-bond donors (Lipinski definition) is 0. The number of imidazole rings is 1. The lowest BCUT2D eigenvalue weighted by Crippen LogP contribution is -2.34. The van der Waals surface area contributed by atoms with E-state index in [0.717, 1.165) is 35.4 Å². The standard InChI is InChI=1S/C18H18ClN7O/c1-11(2)26-14-7-12(3-4-13(14)8-21-26)17-22-18(23-27-17)24-5-6-25-15(19)9-20-16(25)10-24/h3-4,7-9,11H,5-6,10H2,1-2H3. The molecule has 3 aromatic heterocycles. The first kappa shape index (κ1) is 16.3. The SMILES string of the molecule is CC(C)n1ncc2ccc(-c3nc(N4CCn5c(Cl)cnc5C4)no3)cc21. The van der Waals surface area contributed by atoms with Crippen molar-refractivity contribution in [2.75, 3.05) is 11.4 Å². The second kappa shape index (κ2) is 6.09.